The third-order valence-corrected chi connectivity index (χ3v) is 5.75. The van der Waals surface area contributed by atoms with Crippen LogP contribution in [0.15, 0.2) is 66.0 Å². The molecule has 1 N–H and O–H groups in total. The smallest absolute Gasteiger partial charge is 0.229 e. The summed E-state index contributed by atoms with van der Waals surface area (Å²) in [6.07, 6.45) is 0.186. The molecule has 0 radical (unpaired) electrons. The number of para-hydroxylation sites is 3. The van der Waals surface area contributed by atoms with E-state index in [1.807, 2.05) is 66.0 Å². The van der Waals surface area contributed by atoms with Crippen molar-refractivity contribution in [2.75, 3.05) is 23.9 Å². The molecule has 0 bridgehead atoms. The molecule has 4 rings (SSSR count). The molecule has 2 aromatic carbocycles. The average Bonchev–Trinajstić information content (AvgIpc) is 3.38. The minimum atomic E-state index is -0.409. The number of carbonyl (C=O) groups excluding carboxylic acids is 2. The van der Waals surface area contributed by atoms with E-state index in [0.717, 1.165) is 16.1 Å². The first kappa shape index (κ1) is 18.3. The lowest BCUT2D eigenvalue weighted by molar-refractivity contribution is -0.122. The summed E-state index contributed by atoms with van der Waals surface area (Å²) in [4.78, 5) is 28.2. The Morgan fingerprint density at radius 3 is 2.68 bits per heavy atom. The third-order valence-electron chi connectivity index (χ3n) is 4.84. The predicted octanol–water partition coefficient (Wildman–Crippen LogP) is 4.42. The van der Waals surface area contributed by atoms with Gasteiger partial charge in [-0.15, -0.1) is 11.3 Å². The Kier molecular flexibility index (Phi) is 5.12. The number of nitrogens with one attached hydrogen (secondary N) is 1. The molecule has 3 aromatic rings. The van der Waals surface area contributed by atoms with Gasteiger partial charge in [0, 0.05) is 29.1 Å². The molecular weight excluding hydrogens is 372 g/mol. The molecule has 0 aliphatic carbocycles. The normalized spacial score (nSPS) is 16.2. The lowest BCUT2D eigenvalue weighted by atomic mass is 10.1. The van der Waals surface area contributed by atoms with E-state index in [4.69, 9.17) is 4.74 Å². The van der Waals surface area contributed by atoms with E-state index in [2.05, 4.69) is 5.32 Å². The van der Waals surface area contributed by atoms with Crippen LogP contribution in [0.1, 0.15) is 6.42 Å². The van der Waals surface area contributed by atoms with Crippen molar-refractivity contribution in [1.29, 1.82) is 0 Å². The zero-order valence-corrected chi connectivity index (χ0v) is 16.2. The number of methoxy groups -OCH3 is 1. The van der Waals surface area contributed by atoms with E-state index in [1.165, 1.54) is 0 Å². The minimum absolute atomic E-state index is 0.0730. The Morgan fingerprint density at radius 2 is 1.89 bits per heavy atom. The third kappa shape index (κ3) is 3.51. The molecule has 5 nitrogen and oxygen atoms in total. The van der Waals surface area contributed by atoms with Gasteiger partial charge >= 0.3 is 0 Å². The second-order valence-corrected chi connectivity index (χ2v) is 7.54. The highest BCUT2D eigenvalue weighted by atomic mass is 32.1. The minimum Gasteiger partial charge on any atom is -0.495 e. The van der Waals surface area contributed by atoms with E-state index in [-0.39, 0.29) is 18.2 Å². The van der Waals surface area contributed by atoms with Gasteiger partial charge < -0.3 is 15.0 Å². The summed E-state index contributed by atoms with van der Waals surface area (Å²) in [6, 6.07) is 19.1. The van der Waals surface area contributed by atoms with Crippen molar-refractivity contribution >= 4 is 34.5 Å². The molecule has 0 saturated carbocycles. The van der Waals surface area contributed by atoms with E-state index in [0.29, 0.717) is 18.0 Å². The predicted molar refractivity (Wildman–Crippen MR) is 112 cm³/mol. The summed E-state index contributed by atoms with van der Waals surface area (Å²) >= 11 is 1.62. The summed E-state index contributed by atoms with van der Waals surface area (Å²) in [5, 5.41) is 5.03. The van der Waals surface area contributed by atoms with Gasteiger partial charge in [-0.25, -0.2) is 0 Å². The number of hydrogen-bond acceptors (Lipinski definition) is 4. The first-order valence-electron chi connectivity index (χ1n) is 9.04. The fourth-order valence-corrected chi connectivity index (χ4v) is 4.21. The maximum atomic E-state index is 12.9. The molecule has 1 aliphatic rings. The number of benzene rings is 2. The van der Waals surface area contributed by atoms with Crippen molar-refractivity contribution in [1.82, 2.24) is 0 Å². The van der Waals surface area contributed by atoms with Gasteiger partial charge in [0.15, 0.2) is 0 Å². The highest BCUT2D eigenvalue weighted by Gasteiger charge is 2.36. The van der Waals surface area contributed by atoms with Crippen LogP contribution < -0.4 is 15.0 Å². The average molecular weight is 392 g/mol. The van der Waals surface area contributed by atoms with Gasteiger partial charge in [-0.2, -0.15) is 0 Å². The SMILES string of the molecule is COc1ccccc1N1CC(C(=O)Nc2ccccc2-c2cccs2)CC1=O. The molecule has 142 valence electrons. The van der Waals surface area contributed by atoms with Crippen molar-refractivity contribution < 1.29 is 14.3 Å². The Hall–Kier alpha value is -3.12. The first-order chi connectivity index (χ1) is 13.7. The van der Waals surface area contributed by atoms with Crippen LogP contribution in [0.4, 0.5) is 11.4 Å². The standard InChI is InChI=1S/C22H20N2O3S/c1-27-19-10-5-4-9-18(19)24-14-15(13-21(24)25)22(26)23-17-8-3-2-7-16(17)20-11-6-12-28-20/h2-12,15H,13-14H2,1H3,(H,23,26). The highest BCUT2D eigenvalue weighted by Crippen LogP contribution is 2.35. The number of amides is 2. The zero-order chi connectivity index (χ0) is 19.5. The molecule has 0 spiro atoms. The molecule has 28 heavy (non-hydrogen) atoms. The number of rotatable bonds is 5. The largest absolute Gasteiger partial charge is 0.495 e. The van der Waals surface area contributed by atoms with E-state index < -0.39 is 5.92 Å². The van der Waals surface area contributed by atoms with Crippen LogP contribution in [-0.4, -0.2) is 25.5 Å². The van der Waals surface area contributed by atoms with Crippen LogP contribution in [0.25, 0.3) is 10.4 Å². The van der Waals surface area contributed by atoms with Crippen LogP contribution in [0, 0.1) is 5.92 Å². The molecule has 1 aromatic heterocycles. The molecule has 6 heteroatoms. The first-order valence-corrected chi connectivity index (χ1v) is 9.92. The van der Waals surface area contributed by atoms with Crippen molar-refractivity contribution in [3.8, 4) is 16.2 Å². The molecular formula is C22H20N2O3S. The summed E-state index contributed by atoms with van der Waals surface area (Å²) in [5.41, 5.74) is 2.44. The summed E-state index contributed by atoms with van der Waals surface area (Å²) in [5.74, 6) is -0.000278. The molecule has 2 amide bonds. The number of nitrogens with zero attached hydrogens (tertiary/aromatic N) is 1. The Balaban J connectivity index is 1.52. The number of carbonyl (C=O) groups is 2. The summed E-state index contributed by atoms with van der Waals surface area (Å²) < 4.78 is 5.36. The van der Waals surface area contributed by atoms with Gasteiger partial charge in [0.1, 0.15) is 5.75 Å². The molecule has 1 atom stereocenters. The van der Waals surface area contributed by atoms with Gasteiger partial charge in [-0.1, -0.05) is 36.4 Å². The van der Waals surface area contributed by atoms with Crippen LogP contribution in [-0.2, 0) is 9.59 Å². The van der Waals surface area contributed by atoms with E-state index in [1.54, 1.807) is 23.3 Å². The Labute approximate surface area is 167 Å². The Morgan fingerprint density at radius 1 is 1.11 bits per heavy atom. The lowest BCUT2D eigenvalue weighted by Crippen LogP contribution is -2.28. The summed E-state index contributed by atoms with van der Waals surface area (Å²) in [6.45, 7) is 0.339. The van der Waals surface area contributed by atoms with Gasteiger partial charge in [-0.05, 0) is 29.6 Å². The number of ether oxygens (including phenoxy) is 1. The van der Waals surface area contributed by atoms with Crippen molar-refractivity contribution in [2.24, 2.45) is 5.92 Å². The van der Waals surface area contributed by atoms with Gasteiger partial charge in [0.2, 0.25) is 11.8 Å². The van der Waals surface area contributed by atoms with E-state index >= 15 is 0 Å². The van der Waals surface area contributed by atoms with Crippen LogP contribution in [0.3, 0.4) is 0 Å². The second kappa shape index (κ2) is 7.86. The van der Waals surface area contributed by atoms with Crippen molar-refractivity contribution in [2.45, 2.75) is 6.42 Å². The number of anilines is 2. The van der Waals surface area contributed by atoms with Crippen molar-refractivity contribution in [3.63, 3.8) is 0 Å². The van der Waals surface area contributed by atoms with E-state index in [9.17, 15) is 9.59 Å². The second-order valence-electron chi connectivity index (χ2n) is 6.59. The topological polar surface area (TPSA) is 58.6 Å². The maximum Gasteiger partial charge on any atom is 0.229 e. The highest BCUT2D eigenvalue weighted by molar-refractivity contribution is 7.13. The fraction of sp³-hybridized carbons (Fsp3) is 0.182. The molecule has 1 unspecified atom stereocenters. The monoisotopic (exact) mass is 392 g/mol. The lowest BCUT2D eigenvalue weighted by Gasteiger charge is -2.19. The zero-order valence-electron chi connectivity index (χ0n) is 15.4. The van der Waals surface area contributed by atoms with Crippen LogP contribution in [0.5, 0.6) is 5.75 Å². The maximum absolute atomic E-state index is 12.9. The van der Waals surface area contributed by atoms with Crippen molar-refractivity contribution in [3.05, 3.63) is 66.0 Å². The van der Waals surface area contributed by atoms with Gasteiger partial charge in [-0.3, -0.25) is 9.59 Å². The molecule has 2 heterocycles. The Bertz CT molecular complexity index is 1000. The van der Waals surface area contributed by atoms with Gasteiger partial charge in [0.25, 0.3) is 0 Å². The number of hydrogen-bond donors (Lipinski definition) is 1. The molecule has 1 fully saturated rings. The molecule has 1 saturated heterocycles. The molecule has 1 aliphatic heterocycles. The summed E-state index contributed by atoms with van der Waals surface area (Å²) in [7, 11) is 1.57. The van der Waals surface area contributed by atoms with Crippen LogP contribution >= 0.6 is 11.3 Å². The fourth-order valence-electron chi connectivity index (χ4n) is 3.44. The van der Waals surface area contributed by atoms with Gasteiger partial charge in [0.05, 0.1) is 18.7 Å². The van der Waals surface area contributed by atoms with Crippen LogP contribution in [0.2, 0.25) is 0 Å². The number of thiophene rings is 1. The quantitative estimate of drug-likeness (QED) is 0.699.